The number of benzene rings is 1. The second kappa shape index (κ2) is 5.44. The summed E-state index contributed by atoms with van der Waals surface area (Å²) in [6, 6.07) is 8.95. The van der Waals surface area contributed by atoms with E-state index >= 15 is 0 Å². The van der Waals surface area contributed by atoms with Crippen LogP contribution in [0.3, 0.4) is 0 Å². The molecule has 2 saturated heterocycles. The van der Waals surface area contributed by atoms with Gasteiger partial charge in [-0.15, -0.1) is 0 Å². The van der Waals surface area contributed by atoms with Crippen LogP contribution in [0.15, 0.2) is 24.3 Å². The molecule has 1 aromatic rings. The Morgan fingerprint density at radius 2 is 2.00 bits per heavy atom. The quantitative estimate of drug-likeness (QED) is 0.917. The van der Waals surface area contributed by atoms with Crippen molar-refractivity contribution in [3.63, 3.8) is 0 Å². The largest absolute Gasteiger partial charge is 0.497 e. The number of piperidine rings is 1. The molecule has 1 N–H and O–H groups in total. The lowest BCUT2D eigenvalue weighted by atomic mass is 9.98. The van der Waals surface area contributed by atoms with E-state index in [4.69, 9.17) is 4.74 Å². The maximum absolute atomic E-state index is 12.6. The lowest BCUT2D eigenvalue weighted by molar-refractivity contribution is 0.0681. The van der Waals surface area contributed by atoms with Crippen LogP contribution in [0.4, 0.5) is 0 Å². The fraction of sp³-hybridized carbons (Fsp3) is 0.562. The summed E-state index contributed by atoms with van der Waals surface area (Å²) in [7, 11) is 3.55. The van der Waals surface area contributed by atoms with E-state index in [9.17, 15) is 4.79 Å². The average Bonchev–Trinajstić information content (AvgIpc) is 2.84. The second-order valence-electron chi connectivity index (χ2n) is 5.91. The number of nitrogens with one attached hydrogen (secondary N) is 1. The van der Waals surface area contributed by atoms with Gasteiger partial charge in [0.15, 0.2) is 0 Å². The number of methoxy groups -OCH3 is 1. The van der Waals surface area contributed by atoms with Crippen molar-refractivity contribution in [1.82, 2.24) is 10.2 Å². The number of nitrogens with zero attached hydrogens (tertiary/aromatic N) is 1. The maximum Gasteiger partial charge on any atom is 0.253 e. The van der Waals surface area contributed by atoms with Gasteiger partial charge in [-0.05, 0) is 43.9 Å². The third kappa shape index (κ3) is 2.52. The van der Waals surface area contributed by atoms with Crippen LogP contribution >= 0.6 is 0 Å². The maximum atomic E-state index is 12.6. The van der Waals surface area contributed by atoms with Crippen LogP contribution in [0.25, 0.3) is 0 Å². The van der Waals surface area contributed by atoms with E-state index in [2.05, 4.69) is 5.32 Å². The van der Waals surface area contributed by atoms with Crippen molar-refractivity contribution >= 4 is 5.91 Å². The molecule has 2 fully saturated rings. The third-order valence-electron chi connectivity index (χ3n) is 4.63. The summed E-state index contributed by atoms with van der Waals surface area (Å²) < 4.78 is 5.19. The Balaban J connectivity index is 1.72. The zero-order chi connectivity index (χ0) is 14.1. The Bertz CT molecular complexity index is 491. The molecule has 0 aliphatic carbocycles. The zero-order valence-corrected chi connectivity index (χ0v) is 12.1. The van der Waals surface area contributed by atoms with Crippen LogP contribution in [0, 0.1) is 0 Å². The fourth-order valence-corrected chi connectivity index (χ4v) is 3.47. The van der Waals surface area contributed by atoms with Crippen molar-refractivity contribution < 1.29 is 9.53 Å². The highest BCUT2D eigenvalue weighted by Gasteiger charge is 2.36. The molecule has 4 heteroatoms. The Hall–Kier alpha value is -1.55. The first kappa shape index (κ1) is 13.4. The van der Waals surface area contributed by atoms with Crippen molar-refractivity contribution in [2.45, 2.75) is 43.8 Å². The van der Waals surface area contributed by atoms with E-state index in [1.165, 1.54) is 12.8 Å². The molecule has 0 radical (unpaired) electrons. The normalized spacial score (nSPS) is 28.2. The monoisotopic (exact) mass is 274 g/mol. The van der Waals surface area contributed by atoms with Gasteiger partial charge >= 0.3 is 0 Å². The number of carbonyl (C=O) groups is 1. The predicted octanol–water partition coefficient (Wildman–Crippen LogP) is 2.05. The number of fused-ring (bicyclic) bond motifs is 2. The van der Waals surface area contributed by atoms with Crippen molar-refractivity contribution in [2.75, 3.05) is 14.2 Å². The molecule has 2 heterocycles. The first-order valence-corrected chi connectivity index (χ1v) is 7.34. The van der Waals surface area contributed by atoms with Crippen molar-refractivity contribution in [3.8, 4) is 5.75 Å². The topological polar surface area (TPSA) is 41.6 Å². The van der Waals surface area contributed by atoms with Gasteiger partial charge in [-0.2, -0.15) is 0 Å². The minimum absolute atomic E-state index is 0.0928. The van der Waals surface area contributed by atoms with E-state index in [1.54, 1.807) is 7.11 Å². The van der Waals surface area contributed by atoms with Gasteiger partial charge in [0.05, 0.1) is 7.11 Å². The minimum atomic E-state index is 0.0928. The van der Waals surface area contributed by atoms with Crippen LogP contribution in [0.5, 0.6) is 5.75 Å². The Kier molecular flexibility index (Phi) is 3.66. The summed E-state index contributed by atoms with van der Waals surface area (Å²) in [4.78, 5) is 14.5. The lowest BCUT2D eigenvalue weighted by Crippen LogP contribution is -2.48. The molecule has 1 aromatic carbocycles. The van der Waals surface area contributed by atoms with Gasteiger partial charge < -0.3 is 15.0 Å². The van der Waals surface area contributed by atoms with Gasteiger partial charge in [0.2, 0.25) is 0 Å². The second-order valence-corrected chi connectivity index (χ2v) is 5.91. The van der Waals surface area contributed by atoms with E-state index in [1.807, 2.05) is 36.2 Å². The number of rotatable bonds is 3. The number of ether oxygens (including phenoxy) is 1. The van der Waals surface area contributed by atoms with Gasteiger partial charge in [0.25, 0.3) is 5.91 Å². The molecule has 0 saturated carbocycles. The summed E-state index contributed by atoms with van der Waals surface area (Å²) >= 11 is 0. The van der Waals surface area contributed by atoms with Crippen molar-refractivity contribution in [3.05, 3.63) is 29.8 Å². The van der Waals surface area contributed by atoms with Gasteiger partial charge in [0.1, 0.15) is 5.75 Å². The van der Waals surface area contributed by atoms with Crippen LogP contribution in [-0.2, 0) is 0 Å². The molecule has 2 unspecified atom stereocenters. The Morgan fingerprint density at radius 3 is 2.65 bits per heavy atom. The van der Waals surface area contributed by atoms with Crippen LogP contribution in [0.2, 0.25) is 0 Å². The van der Waals surface area contributed by atoms with Gasteiger partial charge in [-0.25, -0.2) is 0 Å². The third-order valence-corrected chi connectivity index (χ3v) is 4.63. The van der Waals surface area contributed by atoms with E-state index < -0.39 is 0 Å². The molecule has 3 rings (SSSR count). The lowest BCUT2D eigenvalue weighted by Gasteiger charge is -2.35. The minimum Gasteiger partial charge on any atom is -0.497 e. The first-order valence-electron chi connectivity index (χ1n) is 7.34. The molecular weight excluding hydrogens is 252 g/mol. The number of amides is 1. The molecule has 108 valence electrons. The molecule has 2 aliphatic rings. The summed E-state index contributed by atoms with van der Waals surface area (Å²) in [5.41, 5.74) is 0.706. The number of hydrogen-bond acceptors (Lipinski definition) is 3. The fourth-order valence-electron chi connectivity index (χ4n) is 3.47. The molecule has 2 aliphatic heterocycles. The molecule has 0 aromatic heterocycles. The van der Waals surface area contributed by atoms with Crippen LogP contribution < -0.4 is 10.1 Å². The summed E-state index contributed by atoms with van der Waals surface area (Å²) in [5.74, 6) is 0.824. The standard InChI is InChI=1S/C16H22N2O2/c1-18(14-9-12-6-7-13(10-14)17-12)16(19)11-4-3-5-15(8-11)20-2/h3-5,8,12-14,17H,6-7,9-10H2,1-2H3. The van der Waals surface area contributed by atoms with Gasteiger partial charge in [0, 0.05) is 30.7 Å². The predicted molar refractivity (Wildman–Crippen MR) is 78.1 cm³/mol. The van der Waals surface area contributed by atoms with Gasteiger partial charge in [-0.3, -0.25) is 4.79 Å². The first-order chi connectivity index (χ1) is 9.67. The number of carbonyl (C=O) groups excluding carboxylic acids is 1. The SMILES string of the molecule is COc1cccc(C(=O)N(C)C2CC3CCC(C2)N3)c1. The average molecular weight is 274 g/mol. The van der Waals surface area contributed by atoms with Gasteiger partial charge in [-0.1, -0.05) is 6.07 Å². The molecule has 0 spiro atoms. The summed E-state index contributed by atoms with van der Waals surface area (Å²) in [6.45, 7) is 0. The summed E-state index contributed by atoms with van der Waals surface area (Å²) in [5, 5.41) is 3.61. The molecule has 20 heavy (non-hydrogen) atoms. The van der Waals surface area contributed by atoms with Crippen LogP contribution in [-0.4, -0.2) is 43.1 Å². The van der Waals surface area contributed by atoms with Crippen molar-refractivity contribution in [1.29, 1.82) is 0 Å². The Labute approximate surface area is 120 Å². The highest BCUT2D eigenvalue weighted by atomic mass is 16.5. The summed E-state index contributed by atoms with van der Waals surface area (Å²) in [6.07, 6.45) is 4.65. The zero-order valence-electron chi connectivity index (χ0n) is 12.1. The highest BCUT2D eigenvalue weighted by molar-refractivity contribution is 5.94. The van der Waals surface area contributed by atoms with E-state index in [0.29, 0.717) is 23.7 Å². The molecule has 1 amide bonds. The van der Waals surface area contributed by atoms with E-state index in [-0.39, 0.29) is 5.91 Å². The molecular formula is C16H22N2O2. The molecule has 2 atom stereocenters. The smallest absolute Gasteiger partial charge is 0.253 e. The van der Waals surface area contributed by atoms with Crippen molar-refractivity contribution in [2.24, 2.45) is 0 Å². The van der Waals surface area contributed by atoms with E-state index in [0.717, 1.165) is 18.6 Å². The molecule has 2 bridgehead atoms. The highest BCUT2D eigenvalue weighted by Crippen LogP contribution is 2.30. The number of hydrogen-bond donors (Lipinski definition) is 1. The molecule has 4 nitrogen and oxygen atoms in total. The Morgan fingerprint density at radius 1 is 1.30 bits per heavy atom. The van der Waals surface area contributed by atoms with Crippen LogP contribution in [0.1, 0.15) is 36.0 Å².